The van der Waals surface area contributed by atoms with Gasteiger partial charge in [-0.3, -0.25) is 4.79 Å². The van der Waals surface area contributed by atoms with Crippen molar-refractivity contribution in [2.75, 3.05) is 26.3 Å². The van der Waals surface area contributed by atoms with Gasteiger partial charge >= 0.3 is 0 Å². The molecule has 4 nitrogen and oxygen atoms in total. The van der Waals surface area contributed by atoms with Crippen LogP contribution in [0.15, 0.2) is 0 Å². The Labute approximate surface area is 124 Å². The molecule has 1 aliphatic rings. The van der Waals surface area contributed by atoms with Crippen molar-refractivity contribution in [1.82, 2.24) is 4.90 Å². The maximum atomic E-state index is 13.1. The molecule has 0 radical (unpaired) electrons. The number of nitrogens with two attached hydrogens (primary N) is 1. The van der Waals surface area contributed by atoms with Crippen LogP contribution in [0.5, 0.6) is 0 Å². The number of hydrogen-bond donors (Lipinski definition) is 1. The lowest BCUT2D eigenvalue weighted by molar-refractivity contribution is -0.150. The molecule has 1 rings (SSSR count). The molecule has 0 unspecified atom stereocenters. The third kappa shape index (κ3) is 3.95. The lowest BCUT2D eigenvalue weighted by Crippen LogP contribution is -2.54. The van der Waals surface area contributed by atoms with E-state index in [2.05, 4.69) is 32.6 Å². The fourth-order valence-electron chi connectivity index (χ4n) is 3.09. The van der Waals surface area contributed by atoms with Crippen LogP contribution in [0, 0.1) is 11.3 Å². The maximum Gasteiger partial charge on any atom is 0.230 e. The topological polar surface area (TPSA) is 55.6 Å². The number of carbonyl (C=O) groups excluding carboxylic acids is 1. The average molecular weight is 284 g/mol. The van der Waals surface area contributed by atoms with Crippen LogP contribution in [0.3, 0.4) is 0 Å². The van der Waals surface area contributed by atoms with Crippen LogP contribution >= 0.6 is 0 Å². The largest absolute Gasteiger partial charge is 0.381 e. The van der Waals surface area contributed by atoms with E-state index in [4.69, 9.17) is 10.5 Å². The van der Waals surface area contributed by atoms with Gasteiger partial charge in [0.1, 0.15) is 0 Å². The Morgan fingerprint density at radius 3 is 2.20 bits per heavy atom. The van der Waals surface area contributed by atoms with Crippen LogP contribution in [-0.4, -0.2) is 43.2 Å². The average Bonchev–Trinajstić information content (AvgIpc) is 2.47. The summed E-state index contributed by atoms with van der Waals surface area (Å²) in [7, 11) is 0. The second kappa shape index (κ2) is 7.99. The summed E-state index contributed by atoms with van der Waals surface area (Å²) < 4.78 is 5.42. The zero-order valence-electron chi connectivity index (χ0n) is 13.7. The molecule has 0 spiro atoms. The van der Waals surface area contributed by atoms with E-state index < -0.39 is 5.41 Å². The number of ether oxygens (including phenoxy) is 1. The fraction of sp³-hybridized carbons (Fsp3) is 0.938. The zero-order valence-corrected chi connectivity index (χ0v) is 13.7. The summed E-state index contributed by atoms with van der Waals surface area (Å²) in [5, 5.41) is 0. The summed E-state index contributed by atoms with van der Waals surface area (Å²) in [5.41, 5.74) is 5.59. The molecule has 0 saturated carbocycles. The first kappa shape index (κ1) is 17.4. The molecule has 4 heteroatoms. The second-order valence-corrected chi connectivity index (χ2v) is 6.42. The highest BCUT2D eigenvalue weighted by Gasteiger charge is 2.42. The summed E-state index contributed by atoms with van der Waals surface area (Å²) >= 11 is 0. The van der Waals surface area contributed by atoms with E-state index in [-0.39, 0.29) is 5.91 Å². The summed E-state index contributed by atoms with van der Waals surface area (Å²) in [6.07, 6.45) is 3.53. The number of rotatable bonds is 7. The monoisotopic (exact) mass is 284 g/mol. The molecule has 1 heterocycles. The molecule has 0 aromatic rings. The SMILES string of the molecule is CCC(CC)N(CC(C)C)C(=O)C1(CN)CCOCC1. The Bertz CT molecular complexity index is 295. The van der Waals surface area contributed by atoms with Gasteiger partial charge in [-0.05, 0) is 31.6 Å². The van der Waals surface area contributed by atoms with Crippen molar-refractivity contribution in [3.8, 4) is 0 Å². The summed E-state index contributed by atoms with van der Waals surface area (Å²) in [5.74, 6) is 0.736. The van der Waals surface area contributed by atoms with E-state index in [0.29, 0.717) is 31.7 Å². The molecule has 0 atom stereocenters. The molecule has 1 fully saturated rings. The predicted molar refractivity (Wildman–Crippen MR) is 82.5 cm³/mol. The van der Waals surface area contributed by atoms with Gasteiger partial charge in [0.05, 0.1) is 5.41 Å². The maximum absolute atomic E-state index is 13.1. The van der Waals surface area contributed by atoms with Crippen LogP contribution in [0.4, 0.5) is 0 Å². The number of hydrogen-bond acceptors (Lipinski definition) is 3. The summed E-state index contributed by atoms with van der Waals surface area (Å²) in [6.45, 7) is 11.2. The molecule has 20 heavy (non-hydrogen) atoms. The second-order valence-electron chi connectivity index (χ2n) is 6.42. The van der Waals surface area contributed by atoms with Gasteiger partial charge in [-0.1, -0.05) is 27.7 Å². The van der Waals surface area contributed by atoms with Crippen molar-refractivity contribution < 1.29 is 9.53 Å². The van der Waals surface area contributed by atoms with Gasteiger partial charge < -0.3 is 15.4 Å². The lowest BCUT2D eigenvalue weighted by Gasteiger charge is -2.42. The smallest absolute Gasteiger partial charge is 0.230 e. The third-order valence-electron chi connectivity index (χ3n) is 4.50. The van der Waals surface area contributed by atoms with Gasteiger partial charge in [-0.25, -0.2) is 0 Å². The summed E-state index contributed by atoms with van der Waals surface area (Å²) in [4.78, 5) is 15.2. The van der Waals surface area contributed by atoms with Gasteiger partial charge in [0.15, 0.2) is 0 Å². The molecule has 0 aliphatic carbocycles. The first-order valence-electron chi connectivity index (χ1n) is 8.09. The van der Waals surface area contributed by atoms with Crippen molar-refractivity contribution in [1.29, 1.82) is 0 Å². The first-order chi connectivity index (χ1) is 9.50. The Hall–Kier alpha value is -0.610. The van der Waals surface area contributed by atoms with E-state index in [9.17, 15) is 4.79 Å². The first-order valence-corrected chi connectivity index (χ1v) is 8.09. The fourth-order valence-corrected chi connectivity index (χ4v) is 3.09. The quantitative estimate of drug-likeness (QED) is 0.781. The molecular formula is C16H32N2O2. The zero-order chi connectivity index (χ0) is 15.2. The number of nitrogens with zero attached hydrogens (tertiary/aromatic N) is 1. The van der Waals surface area contributed by atoms with Gasteiger partial charge in [-0.15, -0.1) is 0 Å². The molecule has 0 aromatic carbocycles. The predicted octanol–water partition coefficient (Wildman–Crippen LogP) is 2.42. The van der Waals surface area contributed by atoms with E-state index >= 15 is 0 Å². The minimum Gasteiger partial charge on any atom is -0.381 e. The normalized spacial score (nSPS) is 18.6. The van der Waals surface area contributed by atoms with Gasteiger partial charge in [0.25, 0.3) is 0 Å². The highest BCUT2D eigenvalue weighted by molar-refractivity contribution is 5.83. The minimum atomic E-state index is -0.393. The van der Waals surface area contributed by atoms with Crippen molar-refractivity contribution in [2.24, 2.45) is 17.1 Å². The van der Waals surface area contributed by atoms with Crippen molar-refractivity contribution in [3.05, 3.63) is 0 Å². The molecule has 1 aliphatic heterocycles. The van der Waals surface area contributed by atoms with E-state index in [1.165, 1.54) is 0 Å². The molecule has 0 aromatic heterocycles. The van der Waals surface area contributed by atoms with Gasteiger partial charge in [-0.2, -0.15) is 0 Å². The minimum absolute atomic E-state index is 0.255. The third-order valence-corrected chi connectivity index (χ3v) is 4.50. The van der Waals surface area contributed by atoms with Crippen LogP contribution in [0.2, 0.25) is 0 Å². The molecule has 118 valence electrons. The standard InChI is InChI=1S/C16H32N2O2/c1-5-14(6-2)18(11-13(3)4)15(19)16(12-17)7-9-20-10-8-16/h13-14H,5-12,17H2,1-4H3. The van der Waals surface area contributed by atoms with Crippen molar-refractivity contribution >= 4 is 5.91 Å². The number of carbonyl (C=O) groups is 1. The Kier molecular flexibility index (Phi) is 6.96. The lowest BCUT2D eigenvalue weighted by atomic mass is 9.78. The Balaban J connectivity index is 2.94. The van der Waals surface area contributed by atoms with Crippen molar-refractivity contribution in [2.45, 2.75) is 59.4 Å². The van der Waals surface area contributed by atoms with Crippen LogP contribution in [0.25, 0.3) is 0 Å². The van der Waals surface area contributed by atoms with E-state index in [0.717, 1.165) is 32.2 Å². The molecule has 1 amide bonds. The Morgan fingerprint density at radius 1 is 1.25 bits per heavy atom. The molecule has 1 saturated heterocycles. The van der Waals surface area contributed by atoms with Gasteiger partial charge in [0, 0.05) is 32.3 Å². The van der Waals surface area contributed by atoms with Crippen LogP contribution in [-0.2, 0) is 9.53 Å². The van der Waals surface area contributed by atoms with E-state index in [1.54, 1.807) is 0 Å². The number of amides is 1. The van der Waals surface area contributed by atoms with E-state index in [1.807, 2.05) is 0 Å². The summed E-state index contributed by atoms with van der Waals surface area (Å²) in [6, 6.07) is 0.330. The molecular weight excluding hydrogens is 252 g/mol. The van der Waals surface area contributed by atoms with Crippen LogP contribution < -0.4 is 5.73 Å². The Morgan fingerprint density at radius 2 is 1.80 bits per heavy atom. The van der Waals surface area contributed by atoms with Gasteiger partial charge in [0.2, 0.25) is 5.91 Å². The highest BCUT2D eigenvalue weighted by Crippen LogP contribution is 2.33. The van der Waals surface area contributed by atoms with Crippen molar-refractivity contribution in [3.63, 3.8) is 0 Å². The molecule has 2 N–H and O–H groups in total. The highest BCUT2D eigenvalue weighted by atomic mass is 16.5. The van der Waals surface area contributed by atoms with Crippen LogP contribution in [0.1, 0.15) is 53.4 Å². The molecule has 0 bridgehead atoms.